The van der Waals surface area contributed by atoms with E-state index in [0.29, 0.717) is 11.4 Å². The lowest BCUT2D eigenvalue weighted by Crippen LogP contribution is -2.22. The first-order valence-corrected chi connectivity index (χ1v) is 7.90. The molecule has 0 aliphatic rings. The quantitative estimate of drug-likeness (QED) is 0.625. The Kier molecular flexibility index (Phi) is 6.28. The highest BCUT2D eigenvalue weighted by Gasteiger charge is 2.15. The number of carbonyl (C=O) groups excluding carboxylic acids is 3. The largest absolute Gasteiger partial charge is 0.465 e. The van der Waals surface area contributed by atoms with Gasteiger partial charge in [0, 0.05) is 5.69 Å². The van der Waals surface area contributed by atoms with Gasteiger partial charge in [-0.05, 0) is 30.2 Å². The average Bonchev–Trinajstić information content (AvgIpc) is 2.61. The van der Waals surface area contributed by atoms with Crippen molar-refractivity contribution in [2.24, 2.45) is 0 Å². The Morgan fingerprint density at radius 2 is 1.44 bits per heavy atom. The second kappa shape index (κ2) is 8.63. The first-order valence-electron chi connectivity index (χ1n) is 7.90. The van der Waals surface area contributed by atoms with E-state index in [-0.39, 0.29) is 12.0 Å². The zero-order valence-electron chi connectivity index (χ0n) is 14.2. The van der Waals surface area contributed by atoms with Gasteiger partial charge in [0.15, 0.2) is 0 Å². The molecule has 0 aliphatic heterocycles. The average molecular weight is 340 g/mol. The molecule has 0 unspecified atom stereocenters. The van der Waals surface area contributed by atoms with Gasteiger partial charge in [0.2, 0.25) is 11.8 Å². The van der Waals surface area contributed by atoms with Crippen LogP contribution in [0.4, 0.5) is 11.4 Å². The van der Waals surface area contributed by atoms with E-state index in [0.717, 1.165) is 12.0 Å². The van der Waals surface area contributed by atoms with Crippen LogP contribution >= 0.6 is 0 Å². The van der Waals surface area contributed by atoms with Gasteiger partial charge in [-0.15, -0.1) is 0 Å². The van der Waals surface area contributed by atoms with Gasteiger partial charge in [-0.25, -0.2) is 4.79 Å². The number of anilines is 2. The number of carbonyl (C=O) groups is 3. The molecule has 0 aliphatic carbocycles. The maximum Gasteiger partial charge on any atom is 0.339 e. The molecule has 0 atom stereocenters. The van der Waals surface area contributed by atoms with Crippen molar-refractivity contribution in [3.63, 3.8) is 0 Å². The van der Waals surface area contributed by atoms with E-state index in [9.17, 15) is 14.4 Å². The van der Waals surface area contributed by atoms with E-state index < -0.39 is 17.8 Å². The minimum atomic E-state index is -0.558. The standard InChI is InChI=1S/C19H20N2O4/c1-3-13-8-4-6-10-15(13)20-17(22)12-18(23)21-16-11-7-5-9-14(16)19(24)25-2/h4-11H,3,12H2,1-2H3,(H,20,22)(H,21,23). The van der Waals surface area contributed by atoms with Crippen molar-refractivity contribution < 1.29 is 19.1 Å². The summed E-state index contributed by atoms with van der Waals surface area (Å²) in [5.41, 5.74) is 2.22. The van der Waals surface area contributed by atoms with Crippen molar-refractivity contribution in [1.82, 2.24) is 0 Å². The molecule has 0 fully saturated rings. The molecule has 2 aromatic rings. The molecular formula is C19H20N2O4. The van der Waals surface area contributed by atoms with Crippen LogP contribution in [0.15, 0.2) is 48.5 Å². The molecule has 0 aromatic heterocycles. The summed E-state index contributed by atoms with van der Waals surface area (Å²) in [6.07, 6.45) is 0.419. The Bertz CT molecular complexity index is 786. The molecule has 2 aromatic carbocycles. The van der Waals surface area contributed by atoms with Gasteiger partial charge in [0.05, 0.1) is 18.4 Å². The third kappa shape index (κ3) is 4.91. The van der Waals surface area contributed by atoms with Gasteiger partial charge < -0.3 is 15.4 Å². The number of rotatable bonds is 6. The molecule has 6 heteroatoms. The van der Waals surface area contributed by atoms with Crippen LogP contribution in [0, 0.1) is 0 Å². The first-order chi connectivity index (χ1) is 12.0. The molecule has 6 nitrogen and oxygen atoms in total. The van der Waals surface area contributed by atoms with E-state index in [1.165, 1.54) is 7.11 Å². The predicted molar refractivity (Wildman–Crippen MR) is 95.5 cm³/mol. The molecule has 0 spiro atoms. The fourth-order valence-electron chi connectivity index (χ4n) is 2.37. The fourth-order valence-corrected chi connectivity index (χ4v) is 2.37. The molecule has 0 saturated carbocycles. The molecule has 0 heterocycles. The maximum atomic E-state index is 12.1. The van der Waals surface area contributed by atoms with Gasteiger partial charge in [-0.1, -0.05) is 37.3 Å². The van der Waals surface area contributed by atoms with Crippen molar-refractivity contribution in [3.05, 3.63) is 59.7 Å². The molecule has 2 N–H and O–H groups in total. The van der Waals surface area contributed by atoms with Crippen molar-refractivity contribution in [2.75, 3.05) is 17.7 Å². The number of hydrogen-bond acceptors (Lipinski definition) is 4. The Morgan fingerprint density at radius 3 is 2.08 bits per heavy atom. The topological polar surface area (TPSA) is 84.5 Å². The summed E-state index contributed by atoms with van der Waals surface area (Å²) in [6, 6.07) is 13.9. The first kappa shape index (κ1) is 18.2. The van der Waals surface area contributed by atoms with Crippen LogP contribution in [0.1, 0.15) is 29.3 Å². The fraction of sp³-hybridized carbons (Fsp3) is 0.211. The zero-order valence-corrected chi connectivity index (χ0v) is 14.2. The van der Waals surface area contributed by atoms with Gasteiger partial charge in [0.1, 0.15) is 6.42 Å². The van der Waals surface area contributed by atoms with Gasteiger partial charge in [-0.3, -0.25) is 9.59 Å². The normalized spacial score (nSPS) is 10.0. The lowest BCUT2D eigenvalue weighted by Gasteiger charge is -2.11. The number of aryl methyl sites for hydroxylation is 1. The number of amides is 2. The highest BCUT2D eigenvalue weighted by Crippen LogP contribution is 2.17. The van der Waals surface area contributed by atoms with Crippen molar-refractivity contribution in [3.8, 4) is 0 Å². The monoisotopic (exact) mass is 340 g/mol. The van der Waals surface area contributed by atoms with E-state index in [1.54, 1.807) is 30.3 Å². The lowest BCUT2D eigenvalue weighted by atomic mass is 10.1. The summed E-state index contributed by atoms with van der Waals surface area (Å²) in [5, 5.41) is 5.31. The summed E-state index contributed by atoms with van der Waals surface area (Å²) >= 11 is 0. The van der Waals surface area contributed by atoms with E-state index in [1.807, 2.05) is 25.1 Å². The van der Waals surface area contributed by atoms with Crippen LogP contribution in [-0.4, -0.2) is 24.9 Å². The maximum absolute atomic E-state index is 12.1. The summed E-state index contributed by atoms with van der Waals surface area (Å²) in [4.78, 5) is 35.9. The number of ether oxygens (including phenoxy) is 1. The van der Waals surface area contributed by atoms with Crippen molar-refractivity contribution in [1.29, 1.82) is 0 Å². The van der Waals surface area contributed by atoms with Crippen LogP contribution in [-0.2, 0) is 20.7 Å². The molecule has 2 amide bonds. The Balaban J connectivity index is 2.01. The summed E-state index contributed by atoms with van der Waals surface area (Å²) < 4.78 is 4.67. The van der Waals surface area contributed by atoms with Crippen molar-refractivity contribution >= 4 is 29.2 Å². The molecule has 130 valence electrons. The molecule has 0 bridgehead atoms. The minimum absolute atomic E-state index is 0.232. The van der Waals surface area contributed by atoms with Gasteiger partial charge >= 0.3 is 5.97 Å². The number of nitrogens with one attached hydrogen (secondary N) is 2. The molecule has 0 radical (unpaired) electrons. The van der Waals surface area contributed by atoms with Crippen LogP contribution in [0.2, 0.25) is 0 Å². The third-order valence-corrected chi connectivity index (χ3v) is 3.60. The second-order valence-electron chi connectivity index (χ2n) is 5.32. The minimum Gasteiger partial charge on any atom is -0.465 e. The van der Waals surface area contributed by atoms with Gasteiger partial charge in [0.25, 0.3) is 0 Å². The van der Waals surface area contributed by atoms with E-state index >= 15 is 0 Å². The van der Waals surface area contributed by atoms with Crippen LogP contribution < -0.4 is 10.6 Å². The lowest BCUT2D eigenvalue weighted by molar-refractivity contribution is -0.123. The molecule has 2 rings (SSSR count). The van der Waals surface area contributed by atoms with Crippen LogP contribution in [0.25, 0.3) is 0 Å². The SMILES string of the molecule is CCc1ccccc1NC(=O)CC(=O)Nc1ccccc1C(=O)OC. The Hall–Kier alpha value is -3.15. The smallest absolute Gasteiger partial charge is 0.339 e. The highest BCUT2D eigenvalue weighted by atomic mass is 16.5. The number of methoxy groups -OCH3 is 1. The predicted octanol–water partition coefficient (Wildman–Crippen LogP) is 3.00. The van der Waals surface area contributed by atoms with Crippen molar-refractivity contribution in [2.45, 2.75) is 19.8 Å². The summed E-state index contributed by atoms with van der Waals surface area (Å²) in [7, 11) is 1.26. The van der Waals surface area contributed by atoms with E-state index in [4.69, 9.17) is 0 Å². The molecule has 0 saturated heterocycles. The Labute approximate surface area is 146 Å². The number of para-hydroxylation sites is 2. The second-order valence-corrected chi connectivity index (χ2v) is 5.32. The third-order valence-electron chi connectivity index (χ3n) is 3.60. The van der Waals surface area contributed by atoms with Crippen LogP contribution in [0.5, 0.6) is 0 Å². The zero-order chi connectivity index (χ0) is 18.2. The van der Waals surface area contributed by atoms with E-state index in [2.05, 4.69) is 15.4 Å². The number of hydrogen-bond donors (Lipinski definition) is 2. The summed E-state index contributed by atoms with van der Waals surface area (Å²) in [6.45, 7) is 1.99. The Morgan fingerprint density at radius 1 is 0.880 bits per heavy atom. The van der Waals surface area contributed by atoms with Gasteiger partial charge in [-0.2, -0.15) is 0 Å². The molecular weight excluding hydrogens is 320 g/mol. The highest BCUT2D eigenvalue weighted by molar-refractivity contribution is 6.10. The molecule has 25 heavy (non-hydrogen) atoms. The summed E-state index contributed by atoms with van der Waals surface area (Å²) in [5.74, 6) is -1.49. The number of benzene rings is 2. The number of esters is 1. The van der Waals surface area contributed by atoms with Crippen LogP contribution in [0.3, 0.4) is 0 Å².